The first kappa shape index (κ1) is 31.3. The molecule has 0 spiro atoms. The maximum Gasteiger partial charge on any atom is 0.0537 e. The first-order chi connectivity index (χ1) is 25.1. The van der Waals surface area contributed by atoms with Crippen LogP contribution < -0.4 is 0 Å². The molecule has 2 heterocycles. The Morgan fingerprint density at radius 3 is 1.92 bits per heavy atom. The molecule has 0 fully saturated rings. The Balaban J connectivity index is 1.20. The van der Waals surface area contributed by atoms with Crippen LogP contribution in [0.15, 0.2) is 140 Å². The molecule has 7 aromatic carbocycles. The molecule has 1 nitrogen and oxygen atoms in total. The minimum atomic E-state index is 1.04. The number of nitrogens with zero attached hydrogens (tertiary/aromatic N) is 1. The van der Waals surface area contributed by atoms with Gasteiger partial charge in [0.15, 0.2) is 0 Å². The highest BCUT2D eigenvalue weighted by Gasteiger charge is 2.16. The van der Waals surface area contributed by atoms with Crippen molar-refractivity contribution in [1.82, 2.24) is 4.57 Å². The van der Waals surface area contributed by atoms with Crippen molar-refractivity contribution < 1.29 is 0 Å². The molecule has 0 amide bonds. The molecule has 2 aromatic heterocycles. The van der Waals surface area contributed by atoms with E-state index >= 15 is 0 Å². The molecule has 0 atom stereocenters. The lowest BCUT2D eigenvalue weighted by Crippen LogP contribution is -1.97. The van der Waals surface area contributed by atoms with Crippen LogP contribution in [-0.2, 0) is 0 Å². The molecule has 0 radical (unpaired) electrons. The monoisotopic (exact) mass is 673 g/mol. The number of rotatable bonds is 6. The molecule has 9 aromatic rings. The fraction of sp³-hybridized carbons (Fsp3) is 0.102. The minimum Gasteiger partial charge on any atom is -0.310 e. The summed E-state index contributed by atoms with van der Waals surface area (Å²) in [6.07, 6.45) is 9.96. The Bertz CT molecular complexity index is 2850. The summed E-state index contributed by atoms with van der Waals surface area (Å²) in [5, 5.41) is 10.4. The number of para-hydroxylation sites is 1. The van der Waals surface area contributed by atoms with Crippen LogP contribution in [0.3, 0.4) is 0 Å². The Morgan fingerprint density at radius 1 is 0.549 bits per heavy atom. The lowest BCUT2D eigenvalue weighted by atomic mass is 9.90. The quantitative estimate of drug-likeness (QED) is 0.155. The van der Waals surface area contributed by atoms with Crippen molar-refractivity contribution in [3.8, 4) is 27.9 Å². The van der Waals surface area contributed by atoms with Gasteiger partial charge in [-0.15, -0.1) is 11.3 Å². The van der Waals surface area contributed by atoms with Crippen molar-refractivity contribution in [2.75, 3.05) is 0 Å². The molecule has 51 heavy (non-hydrogen) atoms. The molecule has 0 aliphatic heterocycles. The van der Waals surface area contributed by atoms with Crippen molar-refractivity contribution in [1.29, 1.82) is 0 Å². The predicted octanol–water partition coefficient (Wildman–Crippen LogP) is 14.7. The highest BCUT2D eigenvalue weighted by atomic mass is 32.1. The van der Waals surface area contributed by atoms with E-state index in [9.17, 15) is 0 Å². The summed E-state index contributed by atoms with van der Waals surface area (Å²) in [4.78, 5) is 1.35. The highest BCUT2D eigenvalue weighted by molar-refractivity contribution is 7.20. The van der Waals surface area contributed by atoms with E-state index in [2.05, 4.69) is 184 Å². The summed E-state index contributed by atoms with van der Waals surface area (Å²) < 4.78 is 3.76. The second kappa shape index (κ2) is 12.6. The van der Waals surface area contributed by atoms with Gasteiger partial charge in [0, 0.05) is 26.3 Å². The van der Waals surface area contributed by atoms with E-state index in [1.165, 1.54) is 103 Å². The van der Waals surface area contributed by atoms with Gasteiger partial charge in [0.05, 0.1) is 5.52 Å². The van der Waals surface area contributed by atoms with Crippen molar-refractivity contribution in [3.05, 3.63) is 161 Å². The molecule has 246 valence electrons. The van der Waals surface area contributed by atoms with Crippen molar-refractivity contribution >= 4 is 76.8 Å². The summed E-state index contributed by atoms with van der Waals surface area (Å²) in [5.41, 5.74) is 11.3. The fourth-order valence-corrected chi connectivity index (χ4v) is 9.33. The van der Waals surface area contributed by atoms with Gasteiger partial charge in [0.1, 0.15) is 0 Å². The third-order valence-electron chi connectivity index (χ3n) is 10.6. The van der Waals surface area contributed by atoms with Crippen LogP contribution in [0.2, 0.25) is 0 Å². The zero-order valence-corrected chi connectivity index (χ0v) is 30.3. The average Bonchev–Trinajstić information content (AvgIpc) is 3.66. The molecule has 9 rings (SSSR count). The van der Waals surface area contributed by atoms with E-state index in [0.717, 1.165) is 6.42 Å². The number of fused-ring (bicyclic) bond motifs is 8. The summed E-state index contributed by atoms with van der Waals surface area (Å²) in [6, 6.07) is 47.6. The standard InChI is InChI=1S/C49H39NS/c1-5-7-23-48-32(4)38-20-13-21-39(49(38)51-48)35-25-27-43-42-26-24-34(29-44(42)40-18-8-9-19-41(40)45(43)30-35)33-15-12-16-36(28-33)50-46(14-6-2)31(3)37-17-10-11-22-47(37)50/h6-30H,5H2,1-4H3/b14-6-,23-7-. The SMILES string of the molecule is C/C=C\c1c(C)c2ccccc2n1-c1cccc(-c2ccc3c4ccc(-c5cccc6c(C)c(/C=C\CC)sc56)cc4c4ccccc4c3c2)c1. The van der Waals surface area contributed by atoms with Crippen molar-refractivity contribution in [2.24, 2.45) is 0 Å². The van der Waals surface area contributed by atoms with Gasteiger partial charge in [-0.1, -0.05) is 116 Å². The van der Waals surface area contributed by atoms with Gasteiger partial charge < -0.3 is 4.57 Å². The number of allylic oxidation sites excluding steroid dienone is 2. The normalized spacial score (nSPS) is 12.2. The summed E-state index contributed by atoms with van der Waals surface area (Å²) in [6.45, 7) is 8.77. The molecule has 0 unspecified atom stereocenters. The van der Waals surface area contributed by atoms with Crippen LogP contribution in [0.5, 0.6) is 0 Å². The Morgan fingerprint density at radius 2 is 1.18 bits per heavy atom. The zero-order valence-electron chi connectivity index (χ0n) is 29.5. The van der Waals surface area contributed by atoms with Gasteiger partial charge in [-0.05, 0) is 141 Å². The zero-order chi connectivity index (χ0) is 34.6. The van der Waals surface area contributed by atoms with E-state index in [1.807, 2.05) is 11.3 Å². The van der Waals surface area contributed by atoms with Crippen molar-refractivity contribution in [3.63, 3.8) is 0 Å². The number of hydrogen-bond acceptors (Lipinski definition) is 1. The Hall–Kier alpha value is -5.70. The van der Waals surface area contributed by atoms with E-state index in [4.69, 9.17) is 0 Å². The van der Waals surface area contributed by atoms with E-state index in [-0.39, 0.29) is 0 Å². The smallest absolute Gasteiger partial charge is 0.0537 e. The van der Waals surface area contributed by atoms with Gasteiger partial charge in [0.25, 0.3) is 0 Å². The first-order valence-corrected chi connectivity index (χ1v) is 18.8. The number of aromatic nitrogens is 1. The number of thiophene rings is 1. The summed E-state index contributed by atoms with van der Waals surface area (Å²) in [5.74, 6) is 0. The maximum absolute atomic E-state index is 2.42. The molecular weight excluding hydrogens is 635 g/mol. The largest absolute Gasteiger partial charge is 0.310 e. The third kappa shape index (κ3) is 5.05. The van der Waals surface area contributed by atoms with Gasteiger partial charge in [0.2, 0.25) is 0 Å². The van der Waals surface area contributed by atoms with E-state index in [1.54, 1.807) is 0 Å². The average molecular weight is 674 g/mol. The number of hydrogen-bond donors (Lipinski definition) is 0. The van der Waals surface area contributed by atoms with Crippen molar-refractivity contribution in [2.45, 2.75) is 34.1 Å². The molecule has 0 saturated heterocycles. The van der Waals surface area contributed by atoms with Crippen LogP contribution in [0.4, 0.5) is 0 Å². The second-order valence-electron chi connectivity index (χ2n) is 13.6. The van der Waals surface area contributed by atoms with Crippen LogP contribution in [-0.4, -0.2) is 4.57 Å². The lowest BCUT2D eigenvalue weighted by Gasteiger charge is -2.15. The predicted molar refractivity (Wildman–Crippen MR) is 226 cm³/mol. The van der Waals surface area contributed by atoms with Gasteiger partial charge in [-0.3, -0.25) is 0 Å². The Kier molecular flexibility index (Phi) is 7.71. The van der Waals surface area contributed by atoms with Gasteiger partial charge in [-0.2, -0.15) is 0 Å². The molecule has 0 N–H and O–H groups in total. The van der Waals surface area contributed by atoms with Crippen LogP contribution in [0.25, 0.3) is 93.4 Å². The number of aryl methyl sites for hydroxylation is 2. The molecule has 2 heteroatoms. The van der Waals surface area contributed by atoms with Gasteiger partial charge >= 0.3 is 0 Å². The molecule has 0 saturated carbocycles. The topological polar surface area (TPSA) is 4.93 Å². The highest BCUT2D eigenvalue weighted by Crippen LogP contribution is 2.43. The van der Waals surface area contributed by atoms with Gasteiger partial charge in [-0.25, -0.2) is 0 Å². The molecule has 0 bridgehead atoms. The molecule has 0 aliphatic carbocycles. The van der Waals surface area contributed by atoms with Crippen LogP contribution >= 0.6 is 11.3 Å². The molecular formula is C49H39NS. The summed E-state index contributed by atoms with van der Waals surface area (Å²) in [7, 11) is 0. The minimum absolute atomic E-state index is 1.04. The fourth-order valence-electron chi connectivity index (χ4n) is 8.06. The Labute approximate surface area is 303 Å². The van der Waals surface area contributed by atoms with E-state index < -0.39 is 0 Å². The number of benzene rings is 7. The second-order valence-corrected chi connectivity index (χ2v) is 14.6. The van der Waals surface area contributed by atoms with E-state index in [0.29, 0.717) is 0 Å². The lowest BCUT2D eigenvalue weighted by molar-refractivity contribution is 1.10. The maximum atomic E-state index is 2.42. The third-order valence-corrected chi connectivity index (χ3v) is 11.9. The first-order valence-electron chi connectivity index (χ1n) is 18.0. The van der Waals surface area contributed by atoms with Crippen LogP contribution in [0.1, 0.15) is 42.0 Å². The summed E-state index contributed by atoms with van der Waals surface area (Å²) >= 11 is 1.91. The molecule has 0 aliphatic rings. The van der Waals surface area contributed by atoms with Crippen LogP contribution in [0, 0.1) is 13.8 Å².